The third-order valence-corrected chi connectivity index (χ3v) is 3.60. The molecule has 3 aromatic rings. The summed E-state index contributed by atoms with van der Waals surface area (Å²) in [6, 6.07) is 7.67. The molecule has 1 atom stereocenters. The highest BCUT2D eigenvalue weighted by atomic mass is 35.5. The predicted molar refractivity (Wildman–Crippen MR) is 80.9 cm³/mol. The topological polar surface area (TPSA) is 59.4 Å². The van der Waals surface area contributed by atoms with Gasteiger partial charge in [0.1, 0.15) is 5.82 Å². The summed E-state index contributed by atoms with van der Waals surface area (Å²) in [5.41, 5.74) is 2.43. The number of imidazole rings is 2. The molecule has 0 bridgehead atoms. The van der Waals surface area contributed by atoms with Gasteiger partial charge in [-0.1, -0.05) is 0 Å². The zero-order chi connectivity index (χ0) is 14.8. The highest BCUT2D eigenvalue weighted by Crippen LogP contribution is 2.25. The SMILES string of the molecule is CC(Cl)c1nc2ccc(C#N)cc2n1CCn1ccnc1. The highest BCUT2D eigenvalue weighted by molar-refractivity contribution is 6.20. The lowest BCUT2D eigenvalue weighted by Crippen LogP contribution is -2.09. The molecule has 0 spiro atoms. The Morgan fingerprint density at radius 2 is 2.24 bits per heavy atom. The zero-order valence-electron chi connectivity index (χ0n) is 11.6. The Bertz CT molecular complexity index is 795. The monoisotopic (exact) mass is 299 g/mol. The first-order chi connectivity index (χ1) is 10.2. The minimum Gasteiger partial charge on any atom is -0.336 e. The fourth-order valence-corrected chi connectivity index (χ4v) is 2.55. The Morgan fingerprint density at radius 3 is 2.90 bits per heavy atom. The number of fused-ring (bicyclic) bond motifs is 1. The van der Waals surface area contributed by atoms with Crippen LogP contribution < -0.4 is 0 Å². The maximum Gasteiger partial charge on any atom is 0.127 e. The van der Waals surface area contributed by atoms with E-state index >= 15 is 0 Å². The molecule has 1 unspecified atom stereocenters. The summed E-state index contributed by atoms with van der Waals surface area (Å²) < 4.78 is 4.08. The van der Waals surface area contributed by atoms with Crippen molar-refractivity contribution in [2.45, 2.75) is 25.4 Å². The Hall–Kier alpha value is -2.32. The van der Waals surface area contributed by atoms with Crippen LogP contribution in [0.3, 0.4) is 0 Å². The molecule has 5 nitrogen and oxygen atoms in total. The van der Waals surface area contributed by atoms with Crippen LogP contribution in [-0.4, -0.2) is 19.1 Å². The minimum absolute atomic E-state index is 0.189. The maximum absolute atomic E-state index is 9.07. The third-order valence-electron chi connectivity index (χ3n) is 3.40. The number of nitrogens with zero attached hydrogens (tertiary/aromatic N) is 5. The van der Waals surface area contributed by atoms with Crippen molar-refractivity contribution in [3.05, 3.63) is 48.3 Å². The van der Waals surface area contributed by atoms with Gasteiger partial charge in [0.2, 0.25) is 0 Å². The number of nitriles is 1. The zero-order valence-corrected chi connectivity index (χ0v) is 12.3. The van der Waals surface area contributed by atoms with Gasteiger partial charge < -0.3 is 9.13 Å². The van der Waals surface area contributed by atoms with E-state index in [0.29, 0.717) is 5.56 Å². The van der Waals surface area contributed by atoms with Crippen LogP contribution >= 0.6 is 11.6 Å². The number of hydrogen-bond acceptors (Lipinski definition) is 3. The van der Waals surface area contributed by atoms with E-state index in [2.05, 4.69) is 20.6 Å². The second kappa shape index (κ2) is 5.58. The van der Waals surface area contributed by atoms with Crippen LogP contribution in [0.1, 0.15) is 23.7 Å². The molecular weight excluding hydrogens is 286 g/mol. The van der Waals surface area contributed by atoms with Crippen LogP contribution in [0.2, 0.25) is 0 Å². The fraction of sp³-hybridized carbons (Fsp3) is 0.267. The lowest BCUT2D eigenvalue weighted by atomic mass is 10.2. The van der Waals surface area contributed by atoms with Crippen molar-refractivity contribution in [3.63, 3.8) is 0 Å². The molecule has 2 aromatic heterocycles. The molecule has 2 heterocycles. The minimum atomic E-state index is -0.189. The van der Waals surface area contributed by atoms with Gasteiger partial charge in [-0.2, -0.15) is 5.26 Å². The summed E-state index contributed by atoms with van der Waals surface area (Å²) in [6.45, 7) is 3.41. The van der Waals surface area contributed by atoms with E-state index in [4.69, 9.17) is 16.9 Å². The lowest BCUT2D eigenvalue weighted by Gasteiger charge is -2.11. The molecule has 0 N–H and O–H groups in total. The van der Waals surface area contributed by atoms with Gasteiger partial charge in [-0.25, -0.2) is 9.97 Å². The summed E-state index contributed by atoms with van der Waals surface area (Å²) in [7, 11) is 0. The van der Waals surface area contributed by atoms with Crippen LogP contribution in [0.15, 0.2) is 36.9 Å². The molecule has 0 aliphatic carbocycles. The second-order valence-corrected chi connectivity index (χ2v) is 5.51. The molecule has 21 heavy (non-hydrogen) atoms. The van der Waals surface area contributed by atoms with E-state index in [1.807, 2.05) is 29.8 Å². The lowest BCUT2D eigenvalue weighted by molar-refractivity contribution is 0.569. The van der Waals surface area contributed by atoms with E-state index in [9.17, 15) is 0 Å². The number of hydrogen-bond donors (Lipinski definition) is 0. The third kappa shape index (κ3) is 2.63. The van der Waals surface area contributed by atoms with Gasteiger partial charge in [-0.3, -0.25) is 0 Å². The smallest absolute Gasteiger partial charge is 0.127 e. The quantitative estimate of drug-likeness (QED) is 0.696. The number of rotatable bonds is 4. The van der Waals surface area contributed by atoms with Crippen molar-refractivity contribution in [2.75, 3.05) is 0 Å². The highest BCUT2D eigenvalue weighted by Gasteiger charge is 2.15. The number of aryl methyl sites for hydroxylation is 2. The van der Waals surface area contributed by atoms with Gasteiger partial charge >= 0.3 is 0 Å². The first kappa shape index (κ1) is 13.7. The van der Waals surface area contributed by atoms with Crippen LogP contribution in [0.5, 0.6) is 0 Å². The summed E-state index contributed by atoms with van der Waals surface area (Å²) in [6.07, 6.45) is 5.46. The molecule has 0 amide bonds. The number of alkyl halides is 1. The normalized spacial score (nSPS) is 12.4. The average Bonchev–Trinajstić information content (AvgIpc) is 3.11. The maximum atomic E-state index is 9.07. The molecule has 106 valence electrons. The van der Waals surface area contributed by atoms with E-state index in [1.54, 1.807) is 18.6 Å². The van der Waals surface area contributed by atoms with Crippen molar-refractivity contribution in [1.29, 1.82) is 5.26 Å². The number of aromatic nitrogens is 4. The number of halogens is 1. The Kier molecular flexibility index (Phi) is 3.63. The largest absolute Gasteiger partial charge is 0.336 e. The molecular formula is C15H14ClN5. The molecule has 0 saturated carbocycles. The molecule has 3 rings (SSSR count). The second-order valence-electron chi connectivity index (χ2n) is 4.85. The van der Waals surface area contributed by atoms with Gasteiger partial charge in [-0.15, -0.1) is 11.6 Å². The van der Waals surface area contributed by atoms with Crippen LogP contribution in [0.25, 0.3) is 11.0 Å². The Balaban J connectivity index is 2.04. The van der Waals surface area contributed by atoms with Gasteiger partial charge in [0.25, 0.3) is 0 Å². The Morgan fingerprint density at radius 1 is 1.38 bits per heavy atom. The van der Waals surface area contributed by atoms with E-state index in [1.165, 1.54) is 0 Å². The summed E-state index contributed by atoms with van der Waals surface area (Å²) >= 11 is 6.25. The van der Waals surface area contributed by atoms with Gasteiger partial charge in [0.15, 0.2) is 0 Å². The molecule has 1 aromatic carbocycles. The van der Waals surface area contributed by atoms with Crippen LogP contribution in [0.4, 0.5) is 0 Å². The van der Waals surface area contributed by atoms with Crippen molar-refractivity contribution in [2.24, 2.45) is 0 Å². The van der Waals surface area contributed by atoms with Gasteiger partial charge in [0, 0.05) is 25.5 Å². The van der Waals surface area contributed by atoms with E-state index < -0.39 is 0 Å². The molecule has 0 fully saturated rings. The summed E-state index contributed by atoms with van der Waals surface area (Å²) in [4.78, 5) is 8.62. The summed E-state index contributed by atoms with van der Waals surface area (Å²) in [5, 5.41) is 8.88. The summed E-state index contributed by atoms with van der Waals surface area (Å²) in [5.74, 6) is 0.821. The molecule has 0 radical (unpaired) electrons. The van der Waals surface area contributed by atoms with E-state index in [0.717, 1.165) is 29.9 Å². The molecule has 6 heteroatoms. The van der Waals surface area contributed by atoms with Crippen LogP contribution in [-0.2, 0) is 13.1 Å². The first-order valence-corrected chi connectivity index (χ1v) is 7.13. The van der Waals surface area contributed by atoms with Crippen molar-refractivity contribution in [3.8, 4) is 6.07 Å². The van der Waals surface area contributed by atoms with Crippen molar-refractivity contribution < 1.29 is 0 Å². The van der Waals surface area contributed by atoms with E-state index in [-0.39, 0.29) is 5.38 Å². The molecule has 0 saturated heterocycles. The average molecular weight is 300 g/mol. The Labute approximate surface area is 127 Å². The van der Waals surface area contributed by atoms with Crippen molar-refractivity contribution >= 4 is 22.6 Å². The first-order valence-electron chi connectivity index (χ1n) is 6.69. The van der Waals surface area contributed by atoms with Gasteiger partial charge in [-0.05, 0) is 25.1 Å². The fourth-order valence-electron chi connectivity index (χ4n) is 2.38. The number of benzene rings is 1. The predicted octanol–water partition coefficient (Wildman–Crippen LogP) is 3.10. The van der Waals surface area contributed by atoms with Crippen molar-refractivity contribution in [1.82, 2.24) is 19.1 Å². The van der Waals surface area contributed by atoms with Crippen LogP contribution in [0, 0.1) is 11.3 Å². The van der Waals surface area contributed by atoms with Gasteiger partial charge in [0.05, 0.1) is 34.4 Å². The molecule has 0 aliphatic heterocycles. The standard InChI is InChI=1S/C15H14ClN5/c1-11(16)15-19-13-3-2-12(9-17)8-14(13)21(15)7-6-20-5-4-18-10-20/h2-5,8,10-11H,6-7H2,1H3. The molecule has 0 aliphatic rings.